The normalized spacial score (nSPS) is 21.2. The summed E-state index contributed by atoms with van der Waals surface area (Å²) in [4.78, 5) is 20.8. The Balaban J connectivity index is 1.26. The van der Waals surface area contributed by atoms with E-state index in [1.807, 2.05) is 16.7 Å². The Morgan fingerprint density at radius 3 is 2.78 bits per heavy atom. The highest BCUT2D eigenvalue weighted by Gasteiger charge is 2.33. The molecule has 0 radical (unpaired) electrons. The van der Waals surface area contributed by atoms with Crippen molar-refractivity contribution in [2.45, 2.75) is 64.3 Å². The molecule has 4 aromatic rings. The number of hydrogen-bond acceptors (Lipinski definition) is 7. The number of nitrogens with zero attached hydrogens (tertiary/aromatic N) is 7. The molecule has 1 saturated heterocycles. The summed E-state index contributed by atoms with van der Waals surface area (Å²) in [6.07, 6.45) is 5.90. The lowest BCUT2D eigenvalue weighted by Crippen LogP contribution is -2.43. The second kappa shape index (κ2) is 10.8. The van der Waals surface area contributed by atoms with Crippen LogP contribution in [0.1, 0.15) is 43.1 Å². The zero-order valence-corrected chi connectivity index (χ0v) is 24.3. The van der Waals surface area contributed by atoms with Crippen molar-refractivity contribution in [1.82, 2.24) is 24.4 Å². The van der Waals surface area contributed by atoms with Gasteiger partial charge in [-0.15, -0.1) is 0 Å². The summed E-state index contributed by atoms with van der Waals surface area (Å²) in [5.74, 6) is 0.428. The molecule has 3 aliphatic heterocycles. The summed E-state index contributed by atoms with van der Waals surface area (Å²) in [6.45, 7) is 6.25. The van der Waals surface area contributed by atoms with E-state index in [1.54, 1.807) is 6.33 Å². The van der Waals surface area contributed by atoms with Crippen LogP contribution >= 0.6 is 11.6 Å². The summed E-state index contributed by atoms with van der Waals surface area (Å²) < 4.78 is 22.8. The third-order valence-electron chi connectivity index (χ3n) is 9.00. The van der Waals surface area contributed by atoms with Crippen LogP contribution in [0.5, 0.6) is 6.01 Å². The van der Waals surface area contributed by atoms with Gasteiger partial charge in [0.15, 0.2) is 0 Å². The lowest BCUT2D eigenvalue weighted by Gasteiger charge is -2.39. The highest BCUT2D eigenvalue weighted by atomic mass is 35.5. The number of halogens is 2. The fourth-order valence-corrected chi connectivity index (χ4v) is 6.92. The number of anilines is 2. The largest absolute Gasteiger partial charge is 0.462 e. The molecule has 0 spiro atoms. The van der Waals surface area contributed by atoms with Crippen LogP contribution < -0.4 is 14.5 Å². The minimum absolute atomic E-state index is 0.113. The molecule has 3 aliphatic rings. The van der Waals surface area contributed by atoms with Crippen LogP contribution in [0.25, 0.3) is 10.8 Å². The lowest BCUT2D eigenvalue weighted by molar-refractivity contribution is 0.119. The van der Waals surface area contributed by atoms with E-state index in [-0.39, 0.29) is 6.04 Å². The van der Waals surface area contributed by atoms with Crippen LogP contribution in [-0.4, -0.2) is 63.2 Å². The summed E-state index contributed by atoms with van der Waals surface area (Å²) in [5, 5.41) is 2.92. The Hall–Kier alpha value is -3.43. The van der Waals surface area contributed by atoms with Gasteiger partial charge in [0, 0.05) is 41.8 Å². The number of imidazole rings is 1. The SMILES string of the molecule is C[C@@H]1Cn2cnc(F)c2CN1c1nc(OC[C@@H]2CCCCN2C)nc2c1CCN(c1cccc3cccc(Cl)c13)C2. The molecule has 2 atom stereocenters. The second-order valence-electron chi connectivity index (χ2n) is 11.6. The zero-order valence-electron chi connectivity index (χ0n) is 23.6. The molecular formula is C31H35ClFN7O. The number of hydrogen-bond donors (Lipinski definition) is 0. The number of likely N-dealkylation sites (N-methyl/N-ethyl adjacent to an activating group) is 1. The fourth-order valence-electron chi connectivity index (χ4n) is 6.64. The molecule has 10 heteroatoms. The first-order valence-corrected chi connectivity index (χ1v) is 14.9. The third-order valence-corrected chi connectivity index (χ3v) is 9.32. The van der Waals surface area contributed by atoms with E-state index < -0.39 is 5.95 Å². The van der Waals surface area contributed by atoms with Crippen molar-refractivity contribution < 1.29 is 9.13 Å². The maximum atomic E-state index is 14.6. The van der Waals surface area contributed by atoms with Crippen molar-refractivity contribution in [3.8, 4) is 6.01 Å². The van der Waals surface area contributed by atoms with Gasteiger partial charge in [-0.25, -0.2) is 4.98 Å². The van der Waals surface area contributed by atoms with Gasteiger partial charge in [-0.2, -0.15) is 14.4 Å². The predicted octanol–water partition coefficient (Wildman–Crippen LogP) is 5.45. The second-order valence-corrected chi connectivity index (χ2v) is 12.0. The van der Waals surface area contributed by atoms with Crippen molar-refractivity contribution in [2.24, 2.45) is 0 Å². The van der Waals surface area contributed by atoms with Gasteiger partial charge in [0.1, 0.15) is 12.4 Å². The number of aromatic nitrogens is 4. The molecule has 7 rings (SSSR count). The minimum atomic E-state index is -0.416. The van der Waals surface area contributed by atoms with Crippen LogP contribution in [0.15, 0.2) is 42.7 Å². The first-order valence-electron chi connectivity index (χ1n) is 14.6. The van der Waals surface area contributed by atoms with E-state index in [0.29, 0.717) is 44.0 Å². The summed E-state index contributed by atoms with van der Waals surface area (Å²) in [7, 11) is 2.16. The van der Waals surface area contributed by atoms with Crippen LogP contribution in [0, 0.1) is 5.95 Å². The summed E-state index contributed by atoms with van der Waals surface area (Å²) in [6, 6.07) is 13.2. The number of benzene rings is 2. The van der Waals surface area contributed by atoms with Gasteiger partial charge < -0.3 is 24.0 Å². The quantitative estimate of drug-likeness (QED) is 0.313. The average molecular weight is 576 g/mol. The molecule has 41 heavy (non-hydrogen) atoms. The van der Waals surface area contributed by atoms with Gasteiger partial charge >= 0.3 is 6.01 Å². The monoisotopic (exact) mass is 575 g/mol. The third kappa shape index (κ3) is 4.89. The standard InChI is InChI=1S/C31H35ClFN7O/c1-20-15-39-19-34-29(33)27(39)17-40(20)30-23-12-14-38(26-11-6-8-21-7-5-10-24(32)28(21)26)16-25(23)35-31(36-30)41-18-22-9-3-4-13-37(22)2/h5-8,10-11,19-20,22H,3-4,9,12-18H2,1-2H3/t20-,22+/m1/s1. The van der Waals surface area contributed by atoms with E-state index in [9.17, 15) is 4.39 Å². The van der Waals surface area contributed by atoms with Gasteiger partial charge in [-0.3, -0.25) is 0 Å². The molecule has 214 valence electrons. The molecule has 2 aromatic carbocycles. The van der Waals surface area contributed by atoms with Crippen LogP contribution in [0.4, 0.5) is 15.9 Å². The molecule has 0 N–H and O–H groups in total. The van der Waals surface area contributed by atoms with Gasteiger partial charge in [-0.1, -0.05) is 42.3 Å². The van der Waals surface area contributed by atoms with Crippen molar-refractivity contribution in [1.29, 1.82) is 0 Å². The highest BCUT2D eigenvalue weighted by molar-refractivity contribution is 6.36. The van der Waals surface area contributed by atoms with Gasteiger partial charge in [-0.05, 0) is 57.3 Å². The molecule has 5 heterocycles. The molecule has 8 nitrogen and oxygen atoms in total. The van der Waals surface area contributed by atoms with Crippen LogP contribution in [-0.2, 0) is 26.1 Å². The number of likely N-dealkylation sites (tertiary alicyclic amines) is 1. The van der Waals surface area contributed by atoms with E-state index in [1.165, 1.54) is 12.8 Å². The first kappa shape index (κ1) is 26.5. The summed E-state index contributed by atoms with van der Waals surface area (Å²) >= 11 is 6.70. The number of ether oxygens (including phenoxy) is 1. The minimum Gasteiger partial charge on any atom is -0.462 e. The average Bonchev–Trinajstić information content (AvgIpc) is 3.34. The van der Waals surface area contributed by atoms with Crippen molar-refractivity contribution >= 4 is 33.9 Å². The van der Waals surface area contributed by atoms with Crippen molar-refractivity contribution in [3.63, 3.8) is 0 Å². The number of rotatable bonds is 5. The van der Waals surface area contributed by atoms with Gasteiger partial charge in [0.05, 0.1) is 35.8 Å². The molecule has 0 amide bonds. The Morgan fingerprint density at radius 1 is 1.07 bits per heavy atom. The molecule has 0 aliphatic carbocycles. The molecule has 0 unspecified atom stereocenters. The van der Waals surface area contributed by atoms with Gasteiger partial charge in [0.2, 0.25) is 5.95 Å². The maximum absolute atomic E-state index is 14.6. The Morgan fingerprint density at radius 2 is 1.93 bits per heavy atom. The Bertz CT molecular complexity index is 1590. The van der Waals surface area contributed by atoms with Crippen LogP contribution in [0.2, 0.25) is 5.02 Å². The molecule has 1 fully saturated rings. The van der Waals surface area contributed by atoms with Crippen molar-refractivity contribution in [3.05, 3.63) is 70.6 Å². The molecule has 0 saturated carbocycles. The topological polar surface area (TPSA) is 62.6 Å². The summed E-state index contributed by atoms with van der Waals surface area (Å²) in [5.41, 5.74) is 3.74. The fraction of sp³-hybridized carbons (Fsp3) is 0.452. The highest BCUT2D eigenvalue weighted by Crippen LogP contribution is 2.38. The van der Waals surface area contributed by atoms with Crippen molar-refractivity contribution in [2.75, 3.05) is 36.5 Å². The van der Waals surface area contributed by atoms with E-state index in [0.717, 1.165) is 64.5 Å². The maximum Gasteiger partial charge on any atom is 0.318 e. The van der Waals surface area contributed by atoms with Crippen LogP contribution in [0.3, 0.4) is 0 Å². The Kier molecular flexibility index (Phi) is 6.95. The predicted molar refractivity (Wildman–Crippen MR) is 159 cm³/mol. The van der Waals surface area contributed by atoms with E-state index >= 15 is 0 Å². The zero-order chi connectivity index (χ0) is 28.1. The number of piperidine rings is 1. The number of fused-ring (bicyclic) bond motifs is 3. The van der Waals surface area contributed by atoms with E-state index in [4.69, 9.17) is 26.3 Å². The van der Waals surface area contributed by atoms with Gasteiger partial charge in [0.25, 0.3) is 0 Å². The lowest BCUT2D eigenvalue weighted by atomic mass is 10.0. The first-order chi connectivity index (χ1) is 20.0. The molecular weight excluding hydrogens is 541 g/mol. The molecule has 0 bridgehead atoms. The Labute approximate surface area is 244 Å². The molecule has 2 aromatic heterocycles. The van der Waals surface area contributed by atoms with E-state index in [2.05, 4.69) is 57.9 Å². The smallest absolute Gasteiger partial charge is 0.318 e.